The third-order valence-corrected chi connectivity index (χ3v) is 4.22. The first kappa shape index (κ1) is 26.3. The normalized spacial score (nSPS) is 9.83. The minimum atomic E-state index is -0.277. The van der Waals surface area contributed by atoms with E-state index in [2.05, 4.69) is 19.9 Å². The quantitative estimate of drug-likeness (QED) is 0.342. The fourth-order valence-electron chi connectivity index (χ4n) is 2.64. The van der Waals surface area contributed by atoms with Crippen molar-refractivity contribution in [1.82, 2.24) is 0 Å². The summed E-state index contributed by atoms with van der Waals surface area (Å²) in [4.78, 5) is 22.6. The summed E-state index contributed by atoms with van der Waals surface area (Å²) in [6.07, 6.45) is 0. The molecule has 0 saturated carbocycles. The number of ketones is 1. The fourth-order valence-corrected chi connectivity index (χ4v) is 2.64. The van der Waals surface area contributed by atoms with Gasteiger partial charge in [-0.15, -0.1) is 0 Å². The topological polar surface area (TPSA) is 47.3 Å². The standard InChI is InChI=1S/C13H14O2.C10H12O.C2H6.CH4/c1-8(2)10-4-5-11-9(3)6-13(14)15-12(11)7-10;1-8(2)10(11)9-6-4-3-5-7-9;1-2;/h4-8H,1-3H3;3-8H,1-2H3;1-2H3;1H4. The maximum Gasteiger partial charge on any atom is 0.336 e. The zero-order valence-corrected chi connectivity index (χ0v) is 18.1. The Labute approximate surface area is 175 Å². The zero-order chi connectivity index (χ0) is 21.3. The van der Waals surface area contributed by atoms with Crippen LogP contribution >= 0.6 is 0 Å². The van der Waals surface area contributed by atoms with Crippen molar-refractivity contribution in [3.05, 3.63) is 81.7 Å². The molecule has 0 fully saturated rings. The lowest BCUT2D eigenvalue weighted by atomic mass is 10.0. The SMILES string of the molecule is C.CC.CC(C)C(=O)c1ccccc1.Cc1cc(=O)oc2cc(C(C)C)ccc12. The average molecular weight is 397 g/mol. The van der Waals surface area contributed by atoms with Gasteiger partial charge in [0.05, 0.1) is 0 Å². The highest BCUT2D eigenvalue weighted by Gasteiger charge is 2.08. The van der Waals surface area contributed by atoms with Gasteiger partial charge >= 0.3 is 5.63 Å². The molecule has 3 nitrogen and oxygen atoms in total. The van der Waals surface area contributed by atoms with Crippen LogP contribution in [0.3, 0.4) is 0 Å². The van der Waals surface area contributed by atoms with Crippen molar-refractivity contribution in [2.45, 2.75) is 61.8 Å². The van der Waals surface area contributed by atoms with E-state index in [4.69, 9.17) is 4.42 Å². The molecule has 0 N–H and O–H groups in total. The molecule has 1 aromatic heterocycles. The van der Waals surface area contributed by atoms with Gasteiger partial charge in [0.1, 0.15) is 5.58 Å². The van der Waals surface area contributed by atoms with Crippen molar-refractivity contribution in [3.8, 4) is 0 Å². The largest absolute Gasteiger partial charge is 0.423 e. The molecule has 0 amide bonds. The molecule has 3 heteroatoms. The lowest BCUT2D eigenvalue weighted by molar-refractivity contribution is 0.0939. The van der Waals surface area contributed by atoms with Crippen LogP contribution in [0.15, 0.2) is 63.8 Å². The Hall–Kier alpha value is -2.68. The smallest absolute Gasteiger partial charge is 0.336 e. The highest BCUT2D eigenvalue weighted by atomic mass is 16.4. The predicted molar refractivity (Wildman–Crippen MR) is 125 cm³/mol. The van der Waals surface area contributed by atoms with Gasteiger partial charge < -0.3 is 4.42 Å². The molecule has 0 aliphatic rings. The van der Waals surface area contributed by atoms with Crippen LogP contribution in [0, 0.1) is 12.8 Å². The van der Waals surface area contributed by atoms with Crippen molar-refractivity contribution in [2.24, 2.45) is 5.92 Å². The van der Waals surface area contributed by atoms with E-state index in [-0.39, 0.29) is 24.8 Å². The number of hydrogen-bond acceptors (Lipinski definition) is 3. The van der Waals surface area contributed by atoms with Gasteiger partial charge in [-0.2, -0.15) is 0 Å². The van der Waals surface area contributed by atoms with E-state index in [1.165, 1.54) is 11.6 Å². The zero-order valence-electron chi connectivity index (χ0n) is 18.1. The van der Waals surface area contributed by atoms with E-state index in [0.29, 0.717) is 11.5 Å². The van der Waals surface area contributed by atoms with Crippen LogP contribution in [0.1, 0.15) is 76.4 Å². The van der Waals surface area contributed by atoms with Crippen LogP contribution < -0.4 is 5.63 Å². The average Bonchev–Trinajstić information content (AvgIpc) is 2.69. The first-order valence-electron chi connectivity index (χ1n) is 9.93. The van der Waals surface area contributed by atoms with Gasteiger partial charge in [-0.1, -0.05) is 91.4 Å². The van der Waals surface area contributed by atoms with Crippen molar-refractivity contribution in [3.63, 3.8) is 0 Å². The summed E-state index contributed by atoms with van der Waals surface area (Å²) in [5, 5.41) is 1.01. The maximum absolute atomic E-state index is 11.3. The van der Waals surface area contributed by atoms with Gasteiger partial charge in [-0.25, -0.2) is 4.79 Å². The summed E-state index contributed by atoms with van der Waals surface area (Å²) in [6.45, 7) is 14.0. The van der Waals surface area contributed by atoms with E-state index >= 15 is 0 Å². The van der Waals surface area contributed by atoms with E-state index in [0.717, 1.165) is 16.5 Å². The monoisotopic (exact) mass is 396 g/mol. The van der Waals surface area contributed by atoms with Crippen LogP contribution in [0.25, 0.3) is 11.0 Å². The number of Topliss-reactive ketones (excluding diaryl/α,β-unsaturated/α-hetero) is 1. The Morgan fingerprint density at radius 2 is 1.48 bits per heavy atom. The predicted octanol–water partition coefficient (Wildman–Crippen LogP) is 7.41. The highest BCUT2D eigenvalue weighted by Crippen LogP contribution is 2.22. The molecule has 0 aliphatic heterocycles. The van der Waals surface area contributed by atoms with E-state index in [1.807, 2.05) is 77.1 Å². The number of fused-ring (bicyclic) bond motifs is 1. The van der Waals surface area contributed by atoms with Gasteiger partial charge in [0.2, 0.25) is 0 Å². The summed E-state index contributed by atoms with van der Waals surface area (Å²) in [6, 6.07) is 17.0. The molecule has 0 bridgehead atoms. The molecular weight excluding hydrogens is 360 g/mol. The first-order chi connectivity index (χ1) is 13.3. The van der Waals surface area contributed by atoms with Gasteiger partial charge in [0.25, 0.3) is 0 Å². The third-order valence-electron chi connectivity index (χ3n) is 4.22. The summed E-state index contributed by atoms with van der Waals surface area (Å²) in [5.41, 5.74) is 3.38. The van der Waals surface area contributed by atoms with Gasteiger partial charge in [0.15, 0.2) is 5.78 Å². The Balaban J connectivity index is 0.000000501. The number of carbonyl (C=O) groups is 1. The molecule has 3 aromatic rings. The first-order valence-corrected chi connectivity index (χ1v) is 9.93. The second-order valence-electron chi connectivity index (χ2n) is 7.04. The number of hydrogen-bond donors (Lipinski definition) is 0. The summed E-state index contributed by atoms with van der Waals surface area (Å²) >= 11 is 0. The lowest BCUT2D eigenvalue weighted by Crippen LogP contribution is -2.06. The molecule has 0 spiro atoms. The summed E-state index contributed by atoms with van der Waals surface area (Å²) in [5.74, 6) is 0.753. The fraction of sp³-hybridized carbons (Fsp3) is 0.385. The lowest BCUT2D eigenvalue weighted by Gasteiger charge is -2.06. The van der Waals surface area contributed by atoms with Crippen LogP contribution in [-0.4, -0.2) is 5.78 Å². The molecule has 0 atom stereocenters. The molecular formula is C26H36O3. The minimum Gasteiger partial charge on any atom is -0.423 e. The molecule has 29 heavy (non-hydrogen) atoms. The van der Waals surface area contributed by atoms with E-state index in [1.54, 1.807) is 0 Å². The van der Waals surface area contributed by atoms with Crippen LogP contribution in [0.5, 0.6) is 0 Å². The molecule has 0 unspecified atom stereocenters. The van der Waals surface area contributed by atoms with Gasteiger partial charge in [-0.3, -0.25) is 4.79 Å². The van der Waals surface area contributed by atoms with Crippen molar-refractivity contribution in [1.29, 1.82) is 0 Å². The Bertz CT molecular complexity index is 935. The van der Waals surface area contributed by atoms with E-state index < -0.39 is 0 Å². The molecule has 0 aliphatic carbocycles. The second-order valence-corrected chi connectivity index (χ2v) is 7.04. The van der Waals surface area contributed by atoms with Crippen LogP contribution in [0.2, 0.25) is 0 Å². The minimum absolute atomic E-state index is 0. The number of aryl methyl sites for hydroxylation is 1. The number of benzene rings is 2. The number of rotatable bonds is 3. The van der Waals surface area contributed by atoms with Crippen molar-refractivity contribution < 1.29 is 9.21 Å². The van der Waals surface area contributed by atoms with Crippen molar-refractivity contribution >= 4 is 16.8 Å². The Kier molecular flexibility index (Phi) is 11.5. The molecule has 1 heterocycles. The molecule has 0 saturated heterocycles. The highest BCUT2D eigenvalue weighted by molar-refractivity contribution is 5.97. The van der Waals surface area contributed by atoms with Crippen molar-refractivity contribution in [2.75, 3.05) is 0 Å². The summed E-state index contributed by atoms with van der Waals surface area (Å²) < 4.78 is 5.18. The summed E-state index contributed by atoms with van der Waals surface area (Å²) in [7, 11) is 0. The third kappa shape index (κ3) is 7.69. The van der Waals surface area contributed by atoms with Gasteiger partial charge in [-0.05, 0) is 30.0 Å². The molecule has 3 rings (SSSR count). The Morgan fingerprint density at radius 3 is 2.00 bits per heavy atom. The maximum atomic E-state index is 11.3. The molecule has 2 aromatic carbocycles. The van der Waals surface area contributed by atoms with Crippen LogP contribution in [0.4, 0.5) is 0 Å². The van der Waals surface area contributed by atoms with Gasteiger partial charge in [0, 0.05) is 22.9 Å². The second kappa shape index (κ2) is 12.7. The van der Waals surface area contributed by atoms with E-state index in [9.17, 15) is 9.59 Å². The molecule has 158 valence electrons. The van der Waals surface area contributed by atoms with Crippen LogP contribution in [-0.2, 0) is 0 Å². The Morgan fingerprint density at radius 1 is 0.897 bits per heavy atom. The number of carbonyl (C=O) groups excluding carboxylic acids is 1. The molecule has 0 radical (unpaired) electrons.